The van der Waals surface area contributed by atoms with Crippen molar-refractivity contribution in [3.63, 3.8) is 0 Å². The van der Waals surface area contributed by atoms with E-state index in [1.165, 1.54) is 6.07 Å². The zero-order valence-corrected chi connectivity index (χ0v) is 12.1. The molecule has 112 valence electrons. The van der Waals surface area contributed by atoms with Crippen LogP contribution in [0, 0.1) is 5.92 Å². The lowest BCUT2D eigenvalue weighted by molar-refractivity contribution is 0.0690. The molecular weight excluding hydrogens is 270 g/mol. The fraction of sp³-hybridized carbons (Fsp3) is 0.333. The molecule has 1 aromatic carbocycles. The molecule has 2 aromatic rings. The molecule has 2 rings (SSSR count). The summed E-state index contributed by atoms with van der Waals surface area (Å²) in [7, 11) is 0. The summed E-state index contributed by atoms with van der Waals surface area (Å²) in [4.78, 5) is 10.7. The van der Waals surface area contributed by atoms with Crippen molar-refractivity contribution in [3.8, 4) is 5.75 Å². The molecule has 0 aliphatic rings. The van der Waals surface area contributed by atoms with Gasteiger partial charge in [-0.2, -0.15) is 5.10 Å². The molecule has 0 saturated carbocycles. The van der Waals surface area contributed by atoms with Gasteiger partial charge in [0.1, 0.15) is 17.3 Å². The lowest BCUT2D eigenvalue weighted by atomic mass is 10.2. The van der Waals surface area contributed by atoms with E-state index in [1.54, 1.807) is 0 Å². The van der Waals surface area contributed by atoms with Gasteiger partial charge in [0.25, 0.3) is 0 Å². The maximum Gasteiger partial charge on any atom is 0.353 e. The molecule has 0 spiro atoms. The van der Waals surface area contributed by atoms with Crippen LogP contribution in [0.4, 0.5) is 5.82 Å². The maximum absolute atomic E-state index is 10.7. The average molecular weight is 289 g/mol. The van der Waals surface area contributed by atoms with Crippen LogP contribution in [-0.2, 0) is 6.54 Å². The first kappa shape index (κ1) is 14.9. The zero-order valence-electron chi connectivity index (χ0n) is 12.1. The lowest BCUT2D eigenvalue weighted by Gasteiger charge is -2.10. The van der Waals surface area contributed by atoms with Crippen molar-refractivity contribution in [2.24, 2.45) is 5.92 Å². The Balaban J connectivity index is 1.93. The number of aromatic carboxylic acids is 1. The van der Waals surface area contributed by atoms with E-state index in [1.807, 2.05) is 24.3 Å². The number of nitrogens with one attached hydrogen (secondary N) is 2. The molecule has 0 amide bonds. The molecule has 6 heteroatoms. The van der Waals surface area contributed by atoms with Crippen molar-refractivity contribution in [3.05, 3.63) is 41.6 Å². The molecule has 0 atom stereocenters. The molecule has 0 saturated heterocycles. The minimum Gasteiger partial charge on any atom is -0.493 e. The summed E-state index contributed by atoms with van der Waals surface area (Å²) in [5.41, 5.74) is 1.10. The summed E-state index contributed by atoms with van der Waals surface area (Å²) < 4.78 is 5.67. The molecule has 0 aliphatic heterocycles. The molecule has 0 fully saturated rings. The number of hydrogen-bond donors (Lipinski definition) is 3. The summed E-state index contributed by atoms with van der Waals surface area (Å²) in [6.07, 6.45) is 0. The van der Waals surface area contributed by atoms with E-state index in [2.05, 4.69) is 29.4 Å². The average Bonchev–Trinajstić information content (AvgIpc) is 2.92. The largest absolute Gasteiger partial charge is 0.493 e. The first-order chi connectivity index (χ1) is 10.0. The highest BCUT2D eigenvalue weighted by atomic mass is 16.5. The number of anilines is 1. The zero-order chi connectivity index (χ0) is 15.2. The van der Waals surface area contributed by atoms with E-state index >= 15 is 0 Å². The summed E-state index contributed by atoms with van der Waals surface area (Å²) in [5, 5.41) is 18.2. The van der Waals surface area contributed by atoms with Gasteiger partial charge in [0.15, 0.2) is 0 Å². The quantitative estimate of drug-likeness (QED) is 0.729. The number of hydrogen-bond acceptors (Lipinski definition) is 4. The van der Waals surface area contributed by atoms with Crippen molar-refractivity contribution in [1.82, 2.24) is 10.2 Å². The number of carboxylic acid groups (broad SMARTS) is 1. The highest BCUT2D eigenvalue weighted by molar-refractivity contribution is 5.86. The number of carbonyl (C=O) groups is 1. The van der Waals surface area contributed by atoms with Gasteiger partial charge in [0.05, 0.1) is 6.61 Å². The van der Waals surface area contributed by atoms with E-state index < -0.39 is 5.97 Å². The summed E-state index contributed by atoms with van der Waals surface area (Å²) >= 11 is 0. The van der Waals surface area contributed by atoms with Crippen molar-refractivity contribution in [2.45, 2.75) is 20.4 Å². The van der Waals surface area contributed by atoms with Crippen molar-refractivity contribution >= 4 is 11.8 Å². The number of ether oxygens (including phenoxy) is 1. The predicted octanol–water partition coefficient (Wildman–Crippen LogP) is 2.75. The lowest BCUT2D eigenvalue weighted by Crippen LogP contribution is -2.05. The SMILES string of the molecule is CC(C)COc1cccc(CNc2cc(C(=O)O)[nH]n2)c1. The highest BCUT2D eigenvalue weighted by Gasteiger charge is 2.07. The molecule has 0 bridgehead atoms. The topological polar surface area (TPSA) is 87.2 Å². The number of aromatic amines is 1. The minimum absolute atomic E-state index is 0.0616. The van der Waals surface area contributed by atoms with Gasteiger partial charge in [-0.25, -0.2) is 4.79 Å². The van der Waals surface area contributed by atoms with Crippen LogP contribution in [0.1, 0.15) is 29.9 Å². The third-order valence-electron chi connectivity index (χ3n) is 2.76. The van der Waals surface area contributed by atoms with Crippen molar-refractivity contribution < 1.29 is 14.6 Å². The number of rotatable bonds is 7. The number of H-pyrrole nitrogens is 1. The van der Waals surface area contributed by atoms with E-state index in [0.29, 0.717) is 24.9 Å². The van der Waals surface area contributed by atoms with Gasteiger partial charge in [-0.15, -0.1) is 0 Å². The Labute approximate surface area is 123 Å². The van der Waals surface area contributed by atoms with Crippen LogP contribution < -0.4 is 10.1 Å². The van der Waals surface area contributed by atoms with Gasteiger partial charge in [0.2, 0.25) is 0 Å². The molecule has 0 aliphatic carbocycles. The highest BCUT2D eigenvalue weighted by Crippen LogP contribution is 2.15. The summed E-state index contributed by atoms with van der Waals surface area (Å²) in [6, 6.07) is 9.24. The van der Waals surface area contributed by atoms with Gasteiger partial charge in [0, 0.05) is 12.6 Å². The predicted molar refractivity (Wildman–Crippen MR) is 79.6 cm³/mol. The van der Waals surface area contributed by atoms with Crippen LogP contribution in [0.5, 0.6) is 5.75 Å². The monoisotopic (exact) mass is 289 g/mol. The smallest absolute Gasteiger partial charge is 0.353 e. The Kier molecular flexibility index (Phi) is 4.81. The molecule has 21 heavy (non-hydrogen) atoms. The molecule has 3 N–H and O–H groups in total. The van der Waals surface area contributed by atoms with E-state index in [0.717, 1.165) is 11.3 Å². The second-order valence-electron chi connectivity index (χ2n) is 5.18. The number of aromatic nitrogens is 2. The number of benzene rings is 1. The van der Waals surface area contributed by atoms with Crippen LogP contribution in [0.15, 0.2) is 30.3 Å². The third-order valence-corrected chi connectivity index (χ3v) is 2.76. The Morgan fingerprint density at radius 3 is 2.90 bits per heavy atom. The standard InChI is InChI=1S/C15H19N3O3/c1-10(2)9-21-12-5-3-4-11(6-12)8-16-14-7-13(15(19)20)17-18-14/h3-7,10H,8-9H2,1-2H3,(H,19,20)(H2,16,17,18). The van der Waals surface area contributed by atoms with Crippen LogP contribution in [0.3, 0.4) is 0 Å². The van der Waals surface area contributed by atoms with E-state index in [9.17, 15) is 4.79 Å². The van der Waals surface area contributed by atoms with Crippen molar-refractivity contribution in [1.29, 1.82) is 0 Å². The fourth-order valence-electron chi connectivity index (χ4n) is 1.72. The Morgan fingerprint density at radius 1 is 1.43 bits per heavy atom. The van der Waals surface area contributed by atoms with E-state index in [-0.39, 0.29) is 5.69 Å². The Bertz CT molecular complexity index is 608. The molecule has 0 unspecified atom stereocenters. The fourth-order valence-corrected chi connectivity index (χ4v) is 1.72. The number of carboxylic acids is 1. The summed E-state index contributed by atoms with van der Waals surface area (Å²) in [5.74, 6) is 0.780. The Morgan fingerprint density at radius 2 is 2.24 bits per heavy atom. The Hall–Kier alpha value is -2.50. The first-order valence-electron chi connectivity index (χ1n) is 6.79. The molecule has 1 aromatic heterocycles. The maximum atomic E-state index is 10.7. The third kappa shape index (κ3) is 4.52. The normalized spacial score (nSPS) is 10.6. The first-order valence-corrected chi connectivity index (χ1v) is 6.79. The van der Waals surface area contributed by atoms with Gasteiger partial charge >= 0.3 is 5.97 Å². The second kappa shape index (κ2) is 6.78. The number of nitrogens with zero attached hydrogens (tertiary/aromatic N) is 1. The molecule has 0 radical (unpaired) electrons. The molecular formula is C15H19N3O3. The molecule has 1 heterocycles. The van der Waals surface area contributed by atoms with Crippen LogP contribution >= 0.6 is 0 Å². The van der Waals surface area contributed by atoms with Gasteiger partial charge in [-0.05, 0) is 23.6 Å². The van der Waals surface area contributed by atoms with Crippen LogP contribution in [0.2, 0.25) is 0 Å². The van der Waals surface area contributed by atoms with Gasteiger partial charge in [-0.3, -0.25) is 5.10 Å². The van der Waals surface area contributed by atoms with Gasteiger partial charge < -0.3 is 15.2 Å². The van der Waals surface area contributed by atoms with E-state index in [4.69, 9.17) is 9.84 Å². The van der Waals surface area contributed by atoms with Gasteiger partial charge in [-0.1, -0.05) is 26.0 Å². The van der Waals surface area contributed by atoms with Crippen LogP contribution in [-0.4, -0.2) is 27.9 Å². The molecule has 6 nitrogen and oxygen atoms in total. The summed E-state index contributed by atoms with van der Waals surface area (Å²) in [6.45, 7) is 5.42. The van der Waals surface area contributed by atoms with Crippen LogP contribution in [0.25, 0.3) is 0 Å². The second-order valence-corrected chi connectivity index (χ2v) is 5.18. The van der Waals surface area contributed by atoms with Crippen molar-refractivity contribution in [2.75, 3.05) is 11.9 Å². The minimum atomic E-state index is -1.03.